The van der Waals surface area contributed by atoms with E-state index in [1.807, 2.05) is 13.0 Å². The summed E-state index contributed by atoms with van der Waals surface area (Å²) < 4.78 is 36.7. The maximum atomic E-state index is 13.2. The molecule has 2 aromatic carbocycles. The van der Waals surface area contributed by atoms with Crippen molar-refractivity contribution in [3.63, 3.8) is 0 Å². The minimum absolute atomic E-state index is 0. The van der Waals surface area contributed by atoms with Gasteiger partial charge in [-0.05, 0) is 87.6 Å². The molecule has 51 heavy (non-hydrogen) atoms. The second-order valence-electron chi connectivity index (χ2n) is 11.0. The van der Waals surface area contributed by atoms with E-state index in [9.17, 15) is 8.78 Å². The molecular weight excluding hydrogens is 674 g/mol. The fraction of sp³-hybridized carbons (Fsp3) is 0.211. The van der Waals surface area contributed by atoms with Crippen LogP contribution in [0.25, 0.3) is 23.0 Å². The van der Waals surface area contributed by atoms with E-state index in [2.05, 4.69) is 72.7 Å². The molecule has 0 aliphatic rings. The Morgan fingerprint density at radius 2 is 1.12 bits per heavy atom. The van der Waals surface area contributed by atoms with Crippen LogP contribution in [0.3, 0.4) is 0 Å². The number of nitrogens with zero attached hydrogens (tertiary/aromatic N) is 7. The Bertz CT molecular complexity index is 2140. The van der Waals surface area contributed by atoms with E-state index in [1.54, 1.807) is 61.8 Å². The highest BCUT2D eigenvalue weighted by molar-refractivity contribution is 5.85. The number of pyridine rings is 2. The van der Waals surface area contributed by atoms with Crippen LogP contribution in [0.5, 0.6) is 0 Å². The van der Waals surface area contributed by atoms with Gasteiger partial charge in [-0.3, -0.25) is 14.9 Å². The molecule has 0 saturated heterocycles. The average molecular weight is 709 g/mol. The summed E-state index contributed by atoms with van der Waals surface area (Å²) >= 11 is 0. The highest BCUT2D eigenvalue weighted by Gasteiger charge is 2.20. The van der Waals surface area contributed by atoms with Crippen LogP contribution in [-0.2, 0) is 0 Å². The van der Waals surface area contributed by atoms with E-state index in [0.717, 1.165) is 18.7 Å². The summed E-state index contributed by atoms with van der Waals surface area (Å²) in [6.45, 7) is 9.82. The molecule has 4 heterocycles. The van der Waals surface area contributed by atoms with Gasteiger partial charge in [0.2, 0.25) is 23.4 Å². The van der Waals surface area contributed by atoms with Gasteiger partial charge >= 0.3 is 0 Å². The molecule has 0 radical (unpaired) electrons. The van der Waals surface area contributed by atoms with Crippen LogP contribution >= 0.6 is 12.4 Å². The van der Waals surface area contributed by atoms with Crippen LogP contribution in [0.2, 0.25) is 0 Å². The number of nitrogens with two attached hydrogens (primary N) is 1. The first kappa shape index (κ1) is 38.0. The highest BCUT2D eigenvalue weighted by atomic mass is 35.5. The fourth-order valence-electron chi connectivity index (χ4n) is 4.58. The Balaban J connectivity index is 0.000000227. The van der Waals surface area contributed by atoms with Gasteiger partial charge in [-0.15, -0.1) is 12.4 Å². The summed E-state index contributed by atoms with van der Waals surface area (Å²) in [6.07, 6.45) is 3.25. The number of aromatic nitrogens is 6. The maximum Gasteiger partial charge on any atom is 0.244 e. The second-order valence-corrected chi connectivity index (χ2v) is 11.0. The van der Waals surface area contributed by atoms with Gasteiger partial charge in [-0.2, -0.15) is 9.97 Å². The maximum absolute atomic E-state index is 13.2. The molecule has 0 spiro atoms. The lowest BCUT2D eigenvalue weighted by Gasteiger charge is -2.22. The molecule has 2 N–H and O–H groups in total. The Hall–Kier alpha value is -5.79. The van der Waals surface area contributed by atoms with Gasteiger partial charge in [0.15, 0.2) is 0 Å². The lowest BCUT2D eigenvalue weighted by molar-refractivity contribution is 0.189. The zero-order chi connectivity index (χ0) is 35.5. The first-order chi connectivity index (χ1) is 24.2. The van der Waals surface area contributed by atoms with Crippen LogP contribution < -0.4 is 5.73 Å². The lowest BCUT2D eigenvalue weighted by atomic mass is 10.2. The number of hydrogen-bond donors (Lipinski definition) is 1. The summed E-state index contributed by atoms with van der Waals surface area (Å²) in [5.41, 5.74) is 9.51. The predicted molar refractivity (Wildman–Crippen MR) is 191 cm³/mol. The Morgan fingerprint density at radius 1 is 0.667 bits per heavy atom. The van der Waals surface area contributed by atoms with Crippen molar-refractivity contribution in [3.05, 3.63) is 131 Å². The quantitative estimate of drug-likeness (QED) is 0.170. The van der Waals surface area contributed by atoms with Crippen molar-refractivity contribution in [1.82, 2.24) is 35.1 Å². The topological polar surface area (TPSA) is 133 Å². The SMILES string of the molecule is CC(N)c1nc(-c2ccc(C#Cc3cccc(F)c3)cn2)no1.CCN(CC)C(C)c1nc(-c2ccc(C#Cc3cccc(F)c3)cn2)no1.Cl. The molecule has 0 amide bonds. The molecule has 260 valence electrons. The van der Waals surface area contributed by atoms with Crippen molar-refractivity contribution < 1.29 is 17.8 Å². The van der Waals surface area contributed by atoms with Crippen LogP contribution in [0.15, 0.2) is 94.2 Å². The zero-order valence-electron chi connectivity index (χ0n) is 28.3. The fourth-order valence-corrected chi connectivity index (χ4v) is 4.58. The number of rotatable bonds is 7. The molecule has 0 fully saturated rings. The normalized spacial score (nSPS) is 11.5. The summed E-state index contributed by atoms with van der Waals surface area (Å²) in [5, 5.41) is 7.87. The first-order valence-electron chi connectivity index (χ1n) is 15.9. The molecule has 13 heteroatoms. The molecule has 2 unspecified atom stereocenters. The Kier molecular flexibility index (Phi) is 13.6. The molecule has 6 rings (SSSR count). The number of halogens is 3. The van der Waals surface area contributed by atoms with Gasteiger partial charge in [-0.1, -0.05) is 60.0 Å². The molecule has 10 nitrogen and oxygen atoms in total. The van der Waals surface area contributed by atoms with E-state index in [-0.39, 0.29) is 36.1 Å². The van der Waals surface area contributed by atoms with E-state index < -0.39 is 0 Å². The van der Waals surface area contributed by atoms with E-state index in [1.165, 1.54) is 24.3 Å². The van der Waals surface area contributed by atoms with Crippen LogP contribution in [0, 0.1) is 35.3 Å². The molecule has 2 atom stereocenters. The molecule has 0 saturated carbocycles. The van der Waals surface area contributed by atoms with Crippen LogP contribution in [-0.4, -0.2) is 48.2 Å². The van der Waals surface area contributed by atoms with Crippen molar-refractivity contribution in [2.24, 2.45) is 5.73 Å². The second kappa shape index (κ2) is 18.3. The third kappa shape index (κ3) is 10.6. The van der Waals surface area contributed by atoms with Gasteiger partial charge in [0, 0.05) is 34.6 Å². The van der Waals surface area contributed by atoms with Gasteiger partial charge in [0.1, 0.15) is 23.0 Å². The molecule has 0 bridgehead atoms. The third-order valence-electron chi connectivity index (χ3n) is 7.33. The van der Waals surface area contributed by atoms with Crippen molar-refractivity contribution in [2.45, 2.75) is 39.8 Å². The largest absolute Gasteiger partial charge is 0.337 e. The van der Waals surface area contributed by atoms with Gasteiger partial charge < -0.3 is 14.8 Å². The van der Waals surface area contributed by atoms with Crippen molar-refractivity contribution in [1.29, 1.82) is 0 Å². The number of hydrogen-bond acceptors (Lipinski definition) is 10. The molecule has 0 aliphatic heterocycles. The first-order valence-corrected chi connectivity index (χ1v) is 15.9. The molecule has 0 aliphatic carbocycles. The summed E-state index contributed by atoms with van der Waals surface area (Å²) in [7, 11) is 0. The average Bonchev–Trinajstić information content (AvgIpc) is 3.83. The van der Waals surface area contributed by atoms with Crippen molar-refractivity contribution in [3.8, 4) is 46.7 Å². The van der Waals surface area contributed by atoms with E-state index in [0.29, 0.717) is 51.5 Å². The minimum atomic E-state index is -0.326. The zero-order valence-corrected chi connectivity index (χ0v) is 29.2. The van der Waals surface area contributed by atoms with E-state index in [4.69, 9.17) is 14.8 Å². The van der Waals surface area contributed by atoms with Crippen molar-refractivity contribution >= 4 is 12.4 Å². The monoisotopic (exact) mass is 708 g/mol. The van der Waals surface area contributed by atoms with Crippen LogP contribution in [0.4, 0.5) is 8.78 Å². The third-order valence-corrected chi connectivity index (χ3v) is 7.33. The molecule has 4 aromatic heterocycles. The summed E-state index contributed by atoms with van der Waals surface area (Å²) in [6, 6.07) is 19.2. The standard InChI is InChI=1S/C21H21FN4O.C17H13FN4O.ClH/c1-4-26(5-2)15(3)21-24-20(25-27-21)19-12-11-17(14-23-19)10-9-16-7-6-8-18(22)13-16;1-11(19)17-21-16(22-23-17)15-8-7-13(10-20-15)6-5-12-3-2-4-14(18)9-12;/h6-8,11-15H,4-5H2,1-3H3;2-4,7-11H,19H2,1H3;1H. The lowest BCUT2D eigenvalue weighted by Crippen LogP contribution is -2.26. The van der Waals surface area contributed by atoms with Crippen LogP contribution in [0.1, 0.15) is 73.8 Å². The highest BCUT2D eigenvalue weighted by Crippen LogP contribution is 2.21. The smallest absolute Gasteiger partial charge is 0.244 e. The van der Waals surface area contributed by atoms with Gasteiger partial charge in [-0.25, -0.2) is 8.78 Å². The summed E-state index contributed by atoms with van der Waals surface area (Å²) in [4.78, 5) is 19.5. The predicted octanol–water partition coefficient (Wildman–Crippen LogP) is 7.19. The van der Waals surface area contributed by atoms with Gasteiger partial charge in [0.25, 0.3) is 0 Å². The summed E-state index contributed by atoms with van der Waals surface area (Å²) in [5.74, 6) is 12.8. The molecule has 6 aromatic rings. The Labute approximate surface area is 300 Å². The minimum Gasteiger partial charge on any atom is -0.337 e. The Morgan fingerprint density at radius 3 is 1.51 bits per heavy atom. The number of benzene rings is 2. The molecular formula is C38H35ClF2N8O2. The van der Waals surface area contributed by atoms with Crippen molar-refractivity contribution in [2.75, 3.05) is 13.1 Å². The van der Waals surface area contributed by atoms with E-state index >= 15 is 0 Å². The van der Waals surface area contributed by atoms with Gasteiger partial charge in [0.05, 0.1) is 12.1 Å².